The number of likely N-dealkylation sites (tertiary alicyclic amines) is 1. The monoisotopic (exact) mass is 332 g/mol. The molecule has 1 aliphatic rings. The highest BCUT2D eigenvalue weighted by Crippen LogP contribution is 2.22. The van der Waals surface area contributed by atoms with Crippen molar-refractivity contribution in [3.8, 4) is 5.75 Å². The minimum atomic E-state index is -3.12. The van der Waals surface area contributed by atoms with Crippen molar-refractivity contribution >= 4 is 21.6 Å². The summed E-state index contributed by atoms with van der Waals surface area (Å²) in [7, 11) is -3.12. The topological polar surface area (TPSA) is 58.6 Å². The zero-order chi connectivity index (χ0) is 15.5. The van der Waals surface area contributed by atoms with Crippen LogP contribution in [0.15, 0.2) is 24.3 Å². The third-order valence-electron chi connectivity index (χ3n) is 3.58. The summed E-state index contributed by atoms with van der Waals surface area (Å²) in [5.74, 6) is 0.881. The Morgan fingerprint density at radius 1 is 1.48 bits per heavy atom. The van der Waals surface area contributed by atoms with Crippen molar-refractivity contribution < 1.29 is 13.2 Å². The van der Waals surface area contributed by atoms with Gasteiger partial charge in [-0.05, 0) is 32.0 Å². The first-order chi connectivity index (χ1) is 9.89. The molecule has 7 heteroatoms. The van der Waals surface area contributed by atoms with Gasteiger partial charge in [-0.2, -0.15) is 0 Å². The number of rotatable bonds is 7. The predicted molar refractivity (Wildman–Crippen MR) is 84.4 cm³/mol. The van der Waals surface area contributed by atoms with Gasteiger partial charge in [0.25, 0.3) is 0 Å². The molecule has 0 saturated carbocycles. The third kappa shape index (κ3) is 4.85. The van der Waals surface area contributed by atoms with Crippen molar-refractivity contribution in [2.45, 2.75) is 26.0 Å². The molecule has 1 saturated heterocycles. The summed E-state index contributed by atoms with van der Waals surface area (Å²) in [4.78, 5) is 2.19. The van der Waals surface area contributed by atoms with Gasteiger partial charge in [0.05, 0.1) is 5.75 Å². The third-order valence-corrected chi connectivity index (χ3v) is 5.18. The molecule has 5 nitrogen and oxygen atoms in total. The fourth-order valence-electron chi connectivity index (χ4n) is 2.12. The maximum absolute atomic E-state index is 11.4. The highest BCUT2D eigenvalue weighted by atomic mass is 35.5. The first-order valence-electron chi connectivity index (χ1n) is 7.03. The number of nitrogens with one attached hydrogen (secondary N) is 1. The van der Waals surface area contributed by atoms with Crippen molar-refractivity contribution in [2.75, 3.05) is 25.4 Å². The molecule has 1 N–H and O–H groups in total. The van der Waals surface area contributed by atoms with Gasteiger partial charge in [0, 0.05) is 30.7 Å². The van der Waals surface area contributed by atoms with Crippen LogP contribution in [0.5, 0.6) is 5.75 Å². The molecule has 118 valence electrons. The average molecular weight is 333 g/mol. The second kappa shape index (κ2) is 6.96. The summed E-state index contributed by atoms with van der Waals surface area (Å²) in [5, 5.41) is 0.658. The predicted octanol–water partition coefficient (Wildman–Crippen LogP) is 1.73. The smallest absolute Gasteiger partial charge is 0.211 e. The number of ether oxygens (including phenoxy) is 1. The minimum absolute atomic E-state index is 0.111. The first kappa shape index (κ1) is 16.5. The van der Waals surface area contributed by atoms with Gasteiger partial charge in [-0.3, -0.25) is 4.90 Å². The van der Waals surface area contributed by atoms with Gasteiger partial charge >= 0.3 is 0 Å². The Morgan fingerprint density at radius 3 is 2.81 bits per heavy atom. The van der Waals surface area contributed by atoms with E-state index in [1.54, 1.807) is 13.0 Å². The molecule has 0 bridgehead atoms. The second-order valence-corrected chi connectivity index (χ2v) is 7.78. The quantitative estimate of drug-likeness (QED) is 0.826. The van der Waals surface area contributed by atoms with Gasteiger partial charge in [-0.25, -0.2) is 13.1 Å². The van der Waals surface area contributed by atoms with E-state index in [4.69, 9.17) is 16.3 Å². The zero-order valence-corrected chi connectivity index (χ0v) is 13.8. The van der Waals surface area contributed by atoms with E-state index in [-0.39, 0.29) is 17.9 Å². The number of hydrogen-bond acceptors (Lipinski definition) is 4. The molecule has 0 aliphatic carbocycles. The van der Waals surface area contributed by atoms with E-state index in [0.29, 0.717) is 11.6 Å². The van der Waals surface area contributed by atoms with Crippen LogP contribution in [0.2, 0.25) is 5.02 Å². The molecule has 21 heavy (non-hydrogen) atoms. The number of nitrogens with zero attached hydrogens (tertiary/aromatic N) is 1. The van der Waals surface area contributed by atoms with E-state index >= 15 is 0 Å². The fourth-order valence-corrected chi connectivity index (χ4v) is 3.00. The Kier molecular flexibility index (Phi) is 5.48. The van der Waals surface area contributed by atoms with Crippen LogP contribution in [-0.2, 0) is 10.0 Å². The molecule has 1 unspecified atom stereocenters. The van der Waals surface area contributed by atoms with E-state index in [0.717, 1.165) is 18.8 Å². The van der Waals surface area contributed by atoms with Crippen LogP contribution < -0.4 is 9.46 Å². The highest BCUT2D eigenvalue weighted by Gasteiger charge is 2.32. The molecule has 0 radical (unpaired) electrons. The van der Waals surface area contributed by atoms with E-state index in [2.05, 4.69) is 9.62 Å². The summed E-state index contributed by atoms with van der Waals surface area (Å²) in [5.41, 5.74) is 0. The Labute approximate surface area is 131 Å². The molecular formula is C14H21ClN2O3S. The number of halogens is 1. The van der Waals surface area contributed by atoms with E-state index in [9.17, 15) is 8.42 Å². The van der Waals surface area contributed by atoms with Gasteiger partial charge in [-0.1, -0.05) is 17.7 Å². The number of sulfonamides is 1. The van der Waals surface area contributed by atoms with Gasteiger partial charge < -0.3 is 4.74 Å². The van der Waals surface area contributed by atoms with Crippen LogP contribution in [0.1, 0.15) is 13.8 Å². The van der Waals surface area contributed by atoms with Crippen molar-refractivity contribution in [1.82, 2.24) is 9.62 Å². The molecule has 1 aromatic carbocycles. The van der Waals surface area contributed by atoms with Gasteiger partial charge in [0.2, 0.25) is 10.0 Å². The van der Waals surface area contributed by atoms with Crippen LogP contribution in [0.25, 0.3) is 0 Å². The Hall–Kier alpha value is -0.820. The Balaban J connectivity index is 1.73. The maximum atomic E-state index is 11.4. The molecule has 1 atom stereocenters. The van der Waals surface area contributed by atoms with Crippen LogP contribution >= 0.6 is 11.6 Å². The SMILES string of the molecule is CCS(=O)(=O)NCC(C)N1CC(Oc2cccc(Cl)c2)C1. The van der Waals surface area contributed by atoms with Crippen molar-refractivity contribution in [3.63, 3.8) is 0 Å². The van der Waals surface area contributed by atoms with Crippen LogP contribution in [0.4, 0.5) is 0 Å². The normalized spacial score (nSPS) is 18.2. The van der Waals surface area contributed by atoms with Crippen LogP contribution in [0, 0.1) is 0 Å². The number of benzene rings is 1. The molecule has 1 aromatic rings. The lowest BCUT2D eigenvalue weighted by Gasteiger charge is -2.42. The van der Waals surface area contributed by atoms with Crippen molar-refractivity contribution in [3.05, 3.63) is 29.3 Å². The summed E-state index contributed by atoms with van der Waals surface area (Å²) in [6.07, 6.45) is 0.133. The van der Waals surface area contributed by atoms with Gasteiger partial charge in [0.15, 0.2) is 0 Å². The van der Waals surface area contributed by atoms with E-state index < -0.39 is 10.0 Å². The molecule has 1 aliphatic heterocycles. The lowest BCUT2D eigenvalue weighted by molar-refractivity contribution is -0.00296. The maximum Gasteiger partial charge on any atom is 0.211 e. The van der Waals surface area contributed by atoms with Gasteiger partial charge in [0.1, 0.15) is 11.9 Å². The zero-order valence-electron chi connectivity index (χ0n) is 12.3. The molecule has 1 heterocycles. The second-order valence-electron chi connectivity index (χ2n) is 5.25. The van der Waals surface area contributed by atoms with Crippen molar-refractivity contribution in [1.29, 1.82) is 0 Å². The average Bonchev–Trinajstić information content (AvgIpc) is 2.40. The molecule has 0 aromatic heterocycles. The lowest BCUT2D eigenvalue weighted by atomic mass is 10.1. The first-order valence-corrected chi connectivity index (χ1v) is 9.06. The van der Waals surface area contributed by atoms with Crippen molar-refractivity contribution in [2.24, 2.45) is 0 Å². The lowest BCUT2D eigenvalue weighted by Crippen LogP contribution is -2.59. The molecule has 0 amide bonds. The summed E-state index contributed by atoms with van der Waals surface area (Å²) < 4.78 is 31.2. The fraction of sp³-hybridized carbons (Fsp3) is 0.571. The highest BCUT2D eigenvalue weighted by molar-refractivity contribution is 7.89. The Morgan fingerprint density at radius 2 is 2.19 bits per heavy atom. The number of hydrogen-bond donors (Lipinski definition) is 1. The van der Waals surface area contributed by atoms with Gasteiger partial charge in [-0.15, -0.1) is 0 Å². The standard InChI is InChI=1S/C14H21ClN2O3S/c1-3-21(18,19)16-8-11(2)17-9-14(10-17)20-13-6-4-5-12(15)7-13/h4-7,11,14,16H,3,8-10H2,1-2H3. The summed E-state index contributed by atoms with van der Waals surface area (Å²) >= 11 is 5.91. The van der Waals surface area contributed by atoms with Crippen LogP contribution in [-0.4, -0.2) is 50.9 Å². The Bertz CT molecular complexity index is 573. The largest absolute Gasteiger partial charge is 0.488 e. The van der Waals surface area contributed by atoms with E-state index in [1.807, 2.05) is 25.1 Å². The van der Waals surface area contributed by atoms with E-state index in [1.165, 1.54) is 0 Å². The minimum Gasteiger partial charge on any atom is -0.488 e. The molecule has 2 rings (SSSR count). The summed E-state index contributed by atoms with van der Waals surface area (Å²) in [6, 6.07) is 7.50. The van der Waals surface area contributed by atoms with Crippen LogP contribution in [0.3, 0.4) is 0 Å². The molecule has 1 fully saturated rings. The summed E-state index contributed by atoms with van der Waals surface area (Å²) in [6.45, 7) is 5.66. The molecule has 0 spiro atoms. The molecular weight excluding hydrogens is 312 g/mol.